The average Bonchev–Trinajstić information content (AvgIpc) is 1.50. The predicted molar refractivity (Wildman–Crippen MR) is 45.7 cm³/mol. The van der Waals surface area contributed by atoms with E-state index >= 15 is 0 Å². The van der Waals surface area contributed by atoms with Crippen molar-refractivity contribution >= 4 is 43.0 Å². The van der Waals surface area contributed by atoms with Crippen LogP contribution in [0.1, 0.15) is 0 Å². The summed E-state index contributed by atoms with van der Waals surface area (Å²) >= 11 is -2.01. The molecule has 0 aliphatic heterocycles. The van der Waals surface area contributed by atoms with Gasteiger partial charge in [-0.1, -0.05) is 0 Å². The van der Waals surface area contributed by atoms with Crippen LogP contribution in [0.25, 0.3) is 0 Å². The van der Waals surface area contributed by atoms with E-state index < -0.39 is 31.8 Å². The van der Waals surface area contributed by atoms with Gasteiger partial charge in [-0.2, -0.15) is 8.42 Å². The summed E-state index contributed by atoms with van der Waals surface area (Å²) < 4.78 is 70.9. The monoisotopic (exact) mass is 384 g/mol. The molecule has 0 aromatic heterocycles. The van der Waals surface area contributed by atoms with E-state index in [0.29, 0.717) is 0 Å². The van der Waals surface area contributed by atoms with E-state index in [4.69, 9.17) is 39.9 Å². The summed E-state index contributed by atoms with van der Waals surface area (Å²) in [5.74, 6) is 0. The molecule has 0 rings (SSSR count). The van der Waals surface area contributed by atoms with E-state index in [1.807, 2.05) is 0 Å². The van der Waals surface area contributed by atoms with Gasteiger partial charge >= 0.3 is 22.4 Å². The fourth-order valence-corrected chi connectivity index (χ4v) is 0. The van der Waals surface area contributed by atoms with Gasteiger partial charge in [0, 0.05) is 11.2 Å². The third-order valence-electron chi connectivity index (χ3n) is 0. The van der Waals surface area contributed by atoms with Crippen LogP contribution in [0.3, 0.4) is 0 Å². The normalized spacial score (nSPS) is 11.1. The van der Waals surface area contributed by atoms with E-state index in [0.717, 1.165) is 0 Å². The van der Waals surface area contributed by atoms with Crippen molar-refractivity contribution in [3.63, 3.8) is 0 Å². The standard InChI is InChI=1S/Ag.H2O3S2.2H2O3S/c;1-5(2,3)4;2*1-4(2)3/h;(H2,1,2,3,4);2*(H2,1,2,3)/q+1;;;/p-1. The summed E-state index contributed by atoms with van der Waals surface area (Å²) in [6, 6.07) is 0. The molecular weight excluding hydrogens is 380 g/mol. The Bertz CT molecular complexity index is 212. The van der Waals surface area contributed by atoms with Gasteiger partial charge < -0.3 is 9.11 Å². The van der Waals surface area contributed by atoms with Crippen LogP contribution < -0.4 is 0 Å². The maximum atomic E-state index is 9.11. The van der Waals surface area contributed by atoms with Crippen LogP contribution in [0.4, 0.5) is 0 Å². The van der Waals surface area contributed by atoms with Gasteiger partial charge in [-0.3, -0.25) is 18.2 Å². The minimum absolute atomic E-state index is 0. The Labute approximate surface area is 105 Å². The minimum Gasteiger partial charge on any atom is -0.750 e. The first-order valence-corrected chi connectivity index (χ1v) is 6.24. The molecule has 0 heterocycles. The molecule has 0 saturated heterocycles. The summed E-state index contributed by atoms with van der Waals surface area (Å²) in [4.78, 5) is 0. The molecule has 0 spiro atoms. The van der Waals surface area contributed by atoms with Gasteiger partial charge in [-0.15, -0.1) is 0 Å². The molecule has 0 bridgehead atoms. The Morgan fingerprint density at radius 1 is 1.14 bits per heavy atom. The maximum absolute atomic E-state index is 9.11. The summed E-state index contributed by atoms with van der Waals surface area (Å²) in [7, 11) is -3.83. The van der Waals surface area contributed by atoms with E-state index in [2.05, 4.69) is 11.2 Å². The average molecular weight is 385 g/mol. The van der Waals surface area contributed by atoms with Crippen molar-refractivity contribution in [2.45, 2.75) is 0 Å². The molecule has 0 aliphatic rings. The molecule has 1 atom stereocenters. The number of hydrogen-bond acceptors (Lipinski definition) is 5. The molecule has 0 fully saturated rings. The molecule has 0 aliphatic carbocycles. The zero-order valence-corrected chi connectivity index (χ0v) is 10.6. The van der Waals surface area contributed by atoms with Crippen LogP contribution in [0.5, 0.6) is 0 Å². The van der Waals surface area contributed by atoms with Crippen LogP contribution in [-0.2, 0) is 65.3 Å². The Kier molecular flexibility index (Phi) is 24.7. The first kappa shape index (κ1) is 24.4. The largest absolute Gasteiger partial charge is 1.00 e. The number of hydrogen-bond donors (Lipinski definition) is 5. The second-order valence-electron chi connectivity index (χ2n) is 0.896. The van der Waals surface area contributed by atoms with Crippen molar-refractivity contribution in [1.29, 1.82) is 0 Å². The van der Waals surface area contributed by atoms with E-state index in [-0.39, 0.29) is 22.4 Å². The Hall–Kier alpha value is 1.17. The molecule has 5 N–H and O–H groups in total. The molecule has 14 heavy (non-hydrogen) atoms. The first-order chi connectivity index (χ1) is 5.46. The smallest absolute Gasteiger partial charge is 0.750 e. The molecule has 0 aromatic rings. The summed E-state index contributed by atoms with van der Waals surface area (Å²) in [6.07, 6.45) is 0. The summed E-state index contributed by atoms with van der Waals surface area (Å²) in [6.45, 7) is 0. The van der Waals surface area contributed by atoms with Crippen molar-refractivity contribution < 1.29 is 62.3 Å². The van der Waals surface area contributed by atoms with Gasteiger partial charge in [0.25, 0.3) is 20.4 Å². The Balaban J connectivity index is -0.0000000522. The topological polar surface area (TPSA) is 175 Å². The first-order valence-electron chi connectivity index (χ1n) is 1.75. The fraction of sp³-hybridized carbons (Fsp3) is 0. The quantitative estimate of drug-likeness (QED) is 0.249. The molecule has 0 radical (unpaired) electrons. The molecule has 9 nitrogen and oxygen atoms in total. The molecule has 94 valence electrons. The van der Waals surface area contributed by atoms with Crippen molar-refractivity contribution in [3.8, 4) is 0 Å². The second-order valence-corrected chi connectivity index (χ2v) is 3.99. The molecule has 1 unspecified atom stereocenters. The van der Waals surface area contributed by atoms with E-state index in [9.17, 15) is 0 Å². The van der Waals surface area contributed by atoms with Crippen LogP contribution >= 0.6 is 0 Å². The van der Waals surface area contributed by atoms with E-state index in [1.165, 1.54) is 0 Å². The Morgan fingerprint density at radius 2 is 1.14 bits per heavy atom. The third-order valence-corrected chi connectivity index (χ3v) is 0. The fourth-order valence-electron chi connectivity index (χ4n) is 0. The zero-order valence-electron chi connectivity index (χ0n) is 5.80. The van der Waals surface area contributed by atoms with Gasteiger partial charge in [-0.25, -0.2) is 4.21 Å². The SMILES string of the molecule is O=S(O)(O)=S.O=S(O)O.O=S([O-])O.[Ag+]. The van der Waals surface area contributed by atoms with Crippen molar-refractivity contribution in [3.05, 3.63) is 0 Å². The maximum Gasteiger partial charge on any atom is 1.00 e. The van der Waals surface area contributed by atoms with Gasteiger partial charge in [0.1, 0.15) is 0 Å². The van der Waals surface area contributed by atoms with Crippen LogP contribution in [0, 0.1) is 0 Å². The molecule has 14 heteroatoms. The van der Waals surface area contributed by atoms with Gasteiger partial charge in [0.2, 0.25) is 0 Å². The minimum atomic E-state index is -3.83. The zero-order chi connectivity index (χ0) is 11.7. The van der Waals surface area contributed by atoms with Crippen molar-refractivity contribution in [2.24, 2.45) is 0 Å². The second kappa shape index (κ2) is 14.2. The molecular formula is H5AgO9S4. The predicted octanol–water partition coefficient (Wildman–Crippen LogP) is -1.30. The molecule has 0 amide bonds. The molecule has 0 aromatic carbocycles. The number of rotatable bonds is 0. The van der Waals surface area contributed by atoms with Crippen LogP contribution in [-0.4, -0.2) is 39.9 Å². The summed E-state index contributed by atoms with van der Waals surface area (Å²) in [5.41, 5.74) is 0. The van der Waals surface area contributed by atoms with Crippen molar-refractivity contribution in [1.82, 2.24) is 0 Å². The van der Waals surface area contributed by atoms with Crippen molar-refractivity contribution in [2.75, 3.05) is 0 Å². The molecule has 0 saturated carbocycles. The summed E-state index contributed by atoms with van der Waals surface area (Å²) in [5, 5.41) is 0. The van der Waals surface area contributed by atoms with Gasteiger partial charge in [-0.05, 0) is 0 Å². The van der Waals surface area contributed by atoms with Crippen LogP contribution in [0.2, 0.25) is 0 Å². The van der Waals surface area contributed by atoms with E-state index in [1.54, 1.807) is 0 Å². The van der Waals surface area contributed by atoms with Crippen LogP contribution in [0.15, 0.2) is 0 Å². The van der Waals surface area contributed by atoms with Gasteiger partial charge in [0.15, 0.2) is 0 Å². The Morgan fingerprint density at radius 3 is 1.14 bits per heavy atom. The van der Waals surface area contributed by atoms with Gasteiger partial charge in [0.05, 0.1) is 11.4 Å². The third kappa shape index (κ3) is 1420.